The second-order valence-corrected chi connectivity index (χ2v) is 4.82. The minimum absolute atomic E-state index is 0. The lowest BCUT2D eigenvalue weighted by Gasteiger charge is -2.31. The number of nitrogens with two attached hydrogens (primary N) is 1. The number of halogens is 1. The van der Waals surface area contributed by atoms with Gasteiger partial charge in [0.15, 0.2) is 0 Å². The van der Waals surface area contributed by atoms with E-state index in [1.807, 2.05) is 18.2 Å². The fourth-order valence-corrected chi connectivity index (χ4v) is 2.48. The van der Waals surface area contributed by atoms with Gasteiger partial charge in [-0.1, -0.05) is 0 Å². The maximum absolute atomic E-state index is 6.01. The van der Waals surface area contributed by atoms with Crippen LogP contribution in [0.5, 0.6) is 11.5 Å². The average molecular weight is 287 g/mol. The van der Waals surface area contributed by atoms with Gasteiger partial charge in [0.1, 0.15) is 11.5 Å². The minimum Gasteiger partial charge on any atom is -0.497 e. The van der Waals surface area contributed by atoms with E-state index in [0.717, 1.165) is 43.1 Å². The topological polar surface area (TPSA) is 47.7 Å². The number of benzene rings is 1. The third-order valence-electron chi connectivity index (χ3n) is 3.42. The molecule has 4 nitrogen and oxygen atoms in total. The lowest BCUT2D eigenvalue weighted by atomic mass is 10.1. The van der Waals surface area contributed by atoms with Gasteiger partial charge in [-0.25, -0.2) is 0 Å². The molecule has 0 aliphatic carbocycles. The Balaban J connectivity index is 0.00000180. The van der Waals surface area contributed by atoms with Crippen LogP contribution in [0.25, 0.3) is 0 Å². The lowest BCUT2D eigenvalue weighted by molar-refractivity contribution is 0.199. The van der Waals surface area contributed by atoms with E-state index in [1.54, 1.807) is 14.2 Å². The number of piperidine rings is 1. The highest BCUT2D eigenvalue weighted by Crippen LogP contribution is 2.26. The van der Waals surface area contributed by atoms with Gasteiger partial charge in [-0.2, -0.15) is 0 Å². The fourth-order valence-electron chi connectivity index (χ4n) is 2.48. The highest BCUT2D eigenvalue weighted by atomic mass is 35.5. The molecule has 19 heavy (non-hydrogen) atoms. The van der Waals surface area contributed by atoms with Crippen LogP contribution in [0.1, 0.15) is 18.4 Å². The van der Waals surface area contributed by atoms with E-state index in [9.17, 15) is 0 Å². The average Bonchev–Trinajstić information content (AvgIpc) is 2.38. The molecule has 2 rings (SSSR count). The van der Waals surface area contributed by atoms with Crippen molar-refractivity contribution in [2.24, 2.45) is 5.73 Å². The molecule has 1 aliphatic rings. The van der Waals surface area contributed by atoms with Crippen LogP contribution in [0.4, 0.5) is 0 Å². The maximum atomic E-state index is 6.01. The van der Waals surface area contributed by atoms with E-state index in [4.69, 9.17) is 15.2 Å². The van der Waals surface area contributed by atoms with Crippen molar-refractivity contribution in [3.05, 3.63) is 23.8 Å². The summed E-state index contributed by atoms with van der Waals surface area (Å²) in [6, 6.07) is 6.22. The molecule has 2 N–H and O–H groups in total. The molecule has 1 aromatic carbocycles. The van der Waals surface area contributed by atoms with Crippen LogP contribution in [0.15, 0.2) is 18.2 Å². The van der Waals surface area contributed by atoms with Gasteiger partial charge in [0.2, 0.25) is 0 Å². The van der Waals surface area contributed by atoms with Crippen molar-refractivity contribution in [3.63, 3.8) is 0 Å². The highest BCUT2D eigenvalue weighted by molar-refractivity contribution is 5.85. The van der Waals surface area contributed by atoms with Crippen LogP contribution >= 0.6 is 12.4 Å². The van der Waals surface area contributed by atoms with Gasteiger partial charge in [0.25, 0.3) is 0 Å². The predicted octanol–water partition coefficient (Wildman–Crippen LogP) is 2.05. The van der Waals surface area contributed by atoms with Gasteiger partial charge in [-0.3, -0.25) is 4.90 Å². The molecule has 0 spiro atoms. The summed E-state index contributed by atoms with van der Waals surface area (Å²) in [6.45, 7) is 2.93. The molecule has 1 aromatic rings. The summed E-state index contributed by atoms with van der Waals surface area (Å²) >= 11 is 0. The lowest BCUT2D eigenvalue weighted by Crippen LogP contribution is -2.42. The van der Waals surface area contributed by atoms with Crippen LogP contribution in [-0.2, 0) is 6.54 Å². The Morgan fingerprint density at radius 1 is 1.32 bits per heavy atom. The Labute approximate surface area is 121 Å². The third-order valence-corrected chi connectivity index (χ3v) is 3.42. The van der Waals surface area contributed by atoms with Gasteiger partial charge in [0.05, 0.1) is 14.2 Å². The normalized spacial score (nSPS) is 19.6. The molecule has 1 heterocycles. The van der Waals surface area contributed by atoms with E-state index in [2.05, 4.69) is 4.90 Å². The first-order valence-corrected chi connectivity index (χ1v) is 6.41. The molecular weight excluding hydrogens is 264 g/mol. The standard InChI is InChI=1S/C14H22N2O2.ClH/c1-17-13-5-6-14(18-2)11(8-13)9-16-7-3-4-12(15)10-16;/h5-6,8,12H,3-4,7,9-10,15H2,1-2H3;1H/t12-;/m1./s1. The van der Waals surface area contributed by atoms with Crippen molar-refractivity contribution in [2.75, 3.05) is 27.3 Å². The predicted molar refractivity (Wildman–Crippen MR) is 79.3 cm³/mol. The summed E-state index contributed by atoms with van der Waals surface area (Å²) in [7, 11) is 3.38. The quantitative estimate of drug-likeness (QED) is 0.920. The Kier molecular flexibility index (Phi) is 6.42. The Hall–Kier alpha value is -0.970. The zero-order valence-corrected chi connectivity index (χ0v) is 12.4. The van der Waals surface area contributed by atoms with Crippen molar-refractivity contribution in [1.29, 1.82) is 0 Å². The molecule has 0 aromatic heterocycles. The van der Waals surface area contributed by atoms with E-state index in [-0.39, 0.29) is 12.4 Å². The number of methoxy groups -OCH3 is 2. The maximum Gasteiger partial charge on any atom is 0.123 e. The van der Waals surface area contributed by atoms with Crippen LogP contribution in [0.2, 0.25) is 0 Å². The SMILES string of the molecule is COc1ccc(OC)c(CN2CCC[C@@H](N)C2)c1.Cl. The second-order valence-electron chi connectivity index (χ2n) is 4.82. The Bertz CT molecular complexity index is 401. The van der Waals surface area contributed by atoms with E-state index < -0.39 is 0 Å². The Morgan fingerprint density at radius 3 is 2.74 bits per heavy atom. The molecule has 0 saturated carbocycles. The first-order valence-electron chi connectivity index (χ1n) is 6.41. The molecule has 1 aliphatic heterocycles. The number of ether oxygens (including phenoxy) is 2. The highest BCUT2D eigenvalue weighted by Gasteiger charge is 2.18. The molecule has 1 saturated heterocycles. The summed E-state index contributed by atoms with van der Waals surface area (Å²) in [4.78, 5) is 2.38. The summed E-state index contributed by atoms with van der Waals surface area (Å²) in [5.41, 5.74) is 7.17. The van der Waals surface area contributed by atoms with Crippen LogP contribution < -0.4 is 15.2 Å². The van der Waals surface area contributed by atoms with E-state index in [0.29, 0.717) is 6.04 Å². The molecule has 108 valence electrons. The van der Waals surface area contributed by atoms with Gasteiger partial charge in [0, 0.05) is 24.7 Å². The zero-order chi connectivity index (χ0) is 13.0. The van der Waals surface area contributed by atoms with Gasteiger partial charge in [-0.15, -0.1) is 12.4 Å². The second kappa shape index (κ2) is 7.58. The summed E-state index contributed by atoms with van der Waals surface area (Å²) in [5.74, 6) is 1.78. The molecule has 1 atom stereocenters. The molecule has 0 bridgehead atoms. The van der Waals surface area contributed by atoms with E-state index >= 15 is 0 Å². The number of hydrogen-bond donors (Lipinski definition) is 1. The summed E-state index contributed by atoms with van der Waals surface area (Å²) < 4.78 is 10.7. The molecule has 0 unspecified atom stereocenters. The molecule has 0 amide bonds. The van der Waals surface area contributed by atoms with Crippen molar-refractivity contribution in [2.45, 2.75) is 25.4 Å². The number of likely N-dealkylation sites (tertiary alicyclic amines) is 1. The Morgan fingerprint density at radius 2 is 2.11 bits per heavy atom. The number of rotatable bonds is 4. The van der Waals surface area contributed by atoms with Crippen LogP contribution in [-0.4, -0.2) is 38.3 Å². The largest absolute Gasteiger partial charge is 0.497 e. The first-order chi connectivity index (χ1) is 8.72. The third kappa shape index (κ3) is 4.27. The fraction of sp³-hybridized carbons (Fsp3) is 0.571. The summed E-state index contributed by atoms with van der Waals surface area (Å²) in [5, 5.41) is 0. The smallest absolute Gasteiger partial charge is 0.123 e. The van der Waals surface area contributed by atoms with Crippen molar-refractivity contribution in [1.82, 2.24) is 4.90 Å². The molecule has 0 radical (unpaired) electrons. The monoisotopic (exact) mass is 286 g/mol. The summed E-state index contributed by atoms with van der Waals surface area (Å²) in [6.07, 6.45) is 2.30. The van der Waals surface area contributed by atoms with Gasteiger partial charge in [-0.05, 0) is 37.6 Å². The molecule has 5 heteroatoms. The van der Waals surface area contributed by atoms with E-state index in [1.165, 1.54) is 6.42 Å². The number of hydrogen-bond acceptors (Lipinski definition) is 4. The van der Waals surface area contributed by atoms with Crippen LogP contribution in [0, 0.1) is 0 Å². The van der Waals surface area contributed by atoms with Crippen molar-refractivity contribution >= 4 is 12.4 Å². The van der Waals surface area contributed by atoms with Crippen molar-refractivity contribution < 1.29 is 9.47 Å². The van der Waals surface area contributed by atoms with Gasteiger partial charge >= 0.3 is 0 Å². The van der Waals surface area contributed by atoms with Crippen molar-refractivity contribution in [3.8, 4) is 11.5 Å². The first kappa shape index (κ1) is 16.1. The van der Waals surface area contributed by atoms with Gasteiger partial charge < -0.3 is 15.2 Å². The zero-order valence-electron chi connectivity index (χ0n) is 11.6. The molecular formula is C14H23ClN2O2. The van der Waals surface area contributed by atoms with Crippen LogP contribution in [0.3, 0.4) is 0 Å². The molecule has 1 fully saturated rings. The minimum atomic E-state index is 0. The number of nitrogens with zero attached hydrogens (tertiary/aromatic N) is 1.